The normalized spacial score (nSPS) is 30.2. The molecular formula is C14H22N4O2S. The number of aromatic nitrogens is 1. The molecule has 2 unspecified atom stereocenters. The van der Waals surface area contributed by atoms with Gasteiger partial charge >= 0.3 is 0 Å². The van der Waals surface area contributed by atoms with Crippen molar-refractivity contribution >= 4 is 15.7 Å². The summed E-state index contributed by atoms with van der Waals surface area (Å²) >= 11 is 0. The summed E-state index contributed by atoms with van der Waals surface area (Å²) in [6.45, 7) is 0. The molecule has 0 aliphatic carbocycles. The third kappa shape index (κ3) is 2.90. The average molecular weight is 310 g/mol. The molecule has 0 amide bonds. The molecule has 0 aromatic carbocycles. The summed E-state index contributed by atoms with van der Waals surface area (Å²) < 4.78 is 27.8. The van der Waals surface area contributed by atoms with Gasteiger partial charge in [-0.2, -0.15) is 0 Å². The first kappa shape index (κ1) is 14.7. The van der Waals surface area contributed by atoms with Crippen LogP contribution in [0.4, 0.5) is 5.69 Å². The van der Waals surface area contributed by atoms with E-state index in [1.165, 1.54) is 24.9 Å². The van der Waals surface area contributed by atoms with Crippen LogP contribution >= 0.6 is 0 Å². The van der Waals surface area contributed by atoms with Crippen LogP contribution in [0.1, 0.15) is 32.1 Å². The molecule has 3 rings (SSSR count). The lowest BCUT2D eigenvalue weighted by atomic mass is 9.83. The highest BCUT2D eigenvalue weighted by Gasteiger charge is 2.37. The van der Waals surface area contributed by atoms with E-state index in [0.717, 1.165) is 25.7 Å². The molecule has 6 nitrogen and oxygen atoms in total. The number of hydrogen-bond acceptors (Lipinski definition) is 5. The molecule has 1 aromatic rings. The molecule has 2 aliphatic heterocycles. The molecule has 1 aromatic heterocycles. The van der Waals surface area contributed by atoms with Crippen LogP contribution in [0.15, 0.2) is 23.4 Å². The molecule has 3 N–H and O–H groups in total. The van der Waals surface area contributed by atoms with Gasteiger partial charge < -0.3 is 10.6 Å². The SMILES string of the molecule is CN1C2CCCC1CC(NS(=O)(=O)c1cnccc1N)C2. The summed E-state index contributed by atoms with van der Waals surface area (Å²) in [6.07, 6.45) is 8.09. The van der Waals surface area contributed by atoms with Crippen LogP contribution in [0.25, 0.3) is 0 Å². The summed E-state index contributed by atoms with van der Waals surface area (Å²) in [5, 5.41) is 0. The Labute approximate surface area is 125 Å². The number of fused-ring (bicyclic) bond motifs is 2. The van der Waals surface area contributed by atoms with Crippen molar-refractivity contribution in [3.8, 4) is 0 Å². The summed E-state index contributed by atoms with van der Waals surface area (Å²) in [5.41, 5.74) is 6.00. The van der Waals surface area contributed by atoms with Crippen LogP contribution in [0, 0.1) is 0 Å². The molecule has 2 aliphatic rings. The molecule has 0 spiro atoms. The molecule has 2 atom stereocenters. The molecule has 3 heterocycles. The van der Waals surface area contributed by atoms with E-state index < -0.39 is 10.0 Å². The summed E-state index contributed by atoms with van der Waals surface area (Å²) in [6, 6.07) is 2.46. The number of piperidine rings is 2. The third-order valence-corrected chi connectivity index (χ3v) is 6.33. The number of nitrogens with two attached hydrogens (primary N) is 1. The third-order valence-electron chi connectivity index (χ3n) is 4.77. The van der Waals surface area contributed by atoms with Crippen molar-refractivity contribution in [3.63, 3.8) is 0 Å². The number of nitrogen functional groups attached to an aromatic ring is 1. The Bertz CT molecular complexity index is 605. The van der Waals surface area contributed by atoms with E-state index in [4.69, 9.17) is 5.73 Å². The Morgan fingerprint density at radius 1 is 1.33 bits per heavy atom. The van der Waals surface area contributed by atoms with E-state index in [1.807, 2.05) is 0 Å². The van der Waals surface area contributed by atoms with Crippen LogP contribution in [0.5, 0.6) is 0 Å². The van der Waals surface area contributed by atoms with E-state index in [0.29, 0.717) is 12.1 Å². The smallest absolute Gasteiger partial charge is 0.244 e. The fourth-order valence-corrected chi connectivity index (χ4v) is 4.95. The number of nitrogens with one attached hydrogen (secondary N) is 1. The number of pyridine rings is 1. The van der Waals surface area contributed by atoms with Crippen molar-refractivity contribution in [3.05, 3.63) is 18.5 Å². The minimum absolute atomic E-state index is 0.0129. The Morgan fingerprint density at radius 3 is 2.62 bits per heavy atom. The highest BCUT2D eigenvalue weighted by molar-refractivity contribution is 7.89. The lowest BCUT2D eigenvalue weighted by molar-refractivity contribution is 0.0536. The van der Waals surface area contributed by atoms with Gasteiger partial charge in [-0.1, -0.05) is 6.42 Å². The Hall–Kier alpha value is -1.18. The predicted octanol–water partition coefficient (Wildman–Crippen LogP) is 0.957. The number of nitrogens with zero attached hydrogens (tertiary/aromatic N) is 2. The van der Waals surface area contributed by atoms with Crippen LogP contribution < -0.4 is 10.5 Å². The van der Waals surface area contributed by atoms with Crippen molar-refractivity contribution in [1.29, 1.82) is 0 Å². The standard InChI is InChI=1S/C14H22N4O2S/c1-18-11-3-2-4-12(18)8-10(7-11)17-21(19,20)14-9-16-6-5-13(14)15/h5-6,9-12,17H,2-4,7-8H2,1H3,(H2,15,16). The molecule has 2 saturated heterocycles. The first-order chi connectivity index (χ1) is 9.97. The maximum absolute atomic E-state index is 12.5. The van der Waals surface area contributed by atoms with Crippen molar-refractivity contribution < 1.29 is 8.42 Å². The Kier molecular flexibility index (Phi) is 3.90. The second-order valence-electron chi connectivity index (χ2n) is 6.11. The molecule has 0 radical (unpaired) electrons. The van der Waals surface area contributed by atoms with Gasteiger partial charge in [0.15, 0.2) is 0 Å². The summed E-state index contributed by atoms with van der Waals surface area (Å²) in [7, 11) is -1.44. The fraction of sp³-hybridized carbons (Fsp3) is 0.643. The number of hydrogen-bond donors (Lipinski definition) is 2. The van der Waals surface area contributed by atoms with Crippen LogP contribution in [-0.4, -0.2) is 43.5 Å². The van der Waals surface area contributed by atoms with Crippen LogP contribution in [-0.2, 0) is 10.0 Å². The van der Waals surface area contributed by atoms with Crippen molar-refractivity contribution in [2.24, 2.45) is 0 Å². The lowest BCUT2D eigenvalue weighted by Gasteiger charge is -2.47. The van der Waals surface area contributed by atoms with E-state index in [9.17, 15) is 8.42 Å². The first-order valence-corrected chi connectivity index (χ1v) is 8.89. The minimum atomic E-state index is -3.60. The molecule has 2 fully saturated rings. The van der Waals surface area contributed by atoms with Gasteiger partial charge in [-0.05, 0) is 38.8 Å². The van der Waals surface area contributed by atoms with E-state index in [1.54, 1.807) is 0 Å². The lowest BCUT2D eigenvalue weighted by Crippen LogP contribution is -2.55. The topological polar surface area (TPSA) is 88.3 Å². The van der Waals surface area contributed by atoms with Crippen LogP contribution in [0.3, 0.4) is 0 Å². The van der Waals surface area contributed by atoms with Crippen molar-refractivity contribution in [1.82, 2.24) is 14.6 Å². The second-order valence-corrected chi connectivity index (χ2v) is 7.79. The predicted molar refractivity (Wildman–Crippen MR) is 81.2 cm³/mol. The quantitative estimate of drug-likeness (QED) is 0.868. The zero-order valence-corrected chi connectivity index (χ0v) is 13.0. The van der Waals surface area contributed by atoms with E-state index in [-0.39, 0.29) is 16.6 Å². The van der Waals surface area contributed by atoms with Gasteiger partial charge in [0.1, 0.15) is 4.90 Å². The largest absolute Gasteiger partial charge is 0.398 e. The average Bonchev–Trinajstić information content (AvgIpc) is 2.40. The zero-order valence-electron chi connectivity index (χ0n) is 12.2. The highest BCUT2D eigenvalue weighted by atomic mass is 32.2. The maximum atomic E-state index is 12.5. The van der Waals surface area contributed by atoms with Gasteiger partial charge in [-0.3, -0.25) is 4.98 Å². The first-order valence-electron chi connectivity index (χ1n) is 7.41. The van der Waals surface area contributed by atoms with E-state index in [2.05, 4.69) is 21.7 Å². The Morgan fingerprint density at radius 2 is 2.00 bits per heavy atom. The van der Waals surface area contributed by atoms with Gasteiger partial charge in [0, 0.05) is 30.5 Å². The number of sulfonamides is 1. The summed E-state index contributed by atoms with van der Waals surface area (Å²) in [5.74, 6) is 0. The maximum Gasteiger partial charge on any atom is 0.244 e. The monoisotopic (exact) mass is 310 g/mol. The van der Waals surface area contributed by atoms with Gasteiger partial charge in [-0.15, -0.1) is 0 Å². The summed E-state index contributed by atoms with van der Waals surface area (Å²) in [4.78, 5) is 6.35. The second kappa shape index (κ2) is 5.55. The minimum Gasteiger partial charge on any atom is -0.398 e. The van der Waals surface area contributed by atoms with Gasteiger partial charge in [-0.25, -0.2) is 13.1 Å². The van der Waals surface area contributed by atoms with Gasteiger partial charge in [0.2, 0.25) is 10.0 Å². The number of rotatable bonds is 3. The zero-order chi connectivity index (χ0) is 15.0. The van der Waals surface area contributed by atoms with E-state index >= 15 is 0 Å². The highest BCUT2D eigenvalue weighted by Crippen LogP contribution is 2.33. The van der Waals surface area contributed by atoms with Crippen LogP contribution in [0.2, 0.25) is 0 Å². The van der Waals surface area contributed by atoms with Gasteiger partial charge in [0.25, 0.3) is 0 Å². The number of anilines is 1. The Balaban J connectivity index is 1.76. The molecule has 116 valence electrons. The van der Waals surface area contributed by atoms with Gasteiger partial charge in [0.05, 0.1) is 5.69 Å². The van der Waals surface area contributed by atoms with Crippen molar-refractivity contribution in [2.75, 3.05) is 12.8 Å². The van der Waals surface area contributed by atoms with Crippen molar-refractivity contribution in [2.45, 2.75) is 55.1 Å². The fourth-order valence-electron chi connectivity index (χ4n) is 3.61. The molecular weight excluding hydrogens is 288 g/mol. The molecule has 2 bridgehead atoms. The molecule has 0 saturated carbocycles. The molecule has 21 heavy (non-hydrogen) atoms. The molecule has 7 heteroatoms.